The van der Waals surface area contributed by atoms with E-state index in [0.717, 1.165) is 11.9 Å². The minimum atomic E-state index is 0.453. The Morgan fingerprint density at radius 3 is 2.67 bits per heavy atom. The van der Waals surface area contributed by atoms with Gasteiger partial charge in [-0.2, -0.15) is 5.10 Å². The molecule has 0 bridgehead atoms. The molecule has 1 aromatic rings. The van der Waals surface area contributed by atoms with Crippen LogP contribution in [0.15, 0.2) is 12.3 Å². The van der Waals surface area contributed by atoms with Crippen molar-refractivity contribution in [3.63, 3.8) is 0 Å². The molecule has 1 aliphatic carbocycles. The van der Waals surface area contributed by atoms with E-state index in [9.17, 15) is 0 Å². The molecule has 0 aliphatic heterocycles. The van der Waals surface area contributed by atoms with Crippen molar-refractivity contribution in [1.82, 2.24) is 9.78 Å². The molecular weight excluding hydrogens is 252 g/mol. The summed E-state index contributed by atoms with van der Waals surface area (Å²) in [6.45, 7) is 3.22. The van der Waals surface area contributed by atoms with Gasteiger partial charge in [-0.3, -0.25) is 4.68 Å². The van der Waals surface area contributed by atoms with Crippen LogP contribution in [-0.2, 0) is 6.54 Å². The Balaban J connectivity index is 2.10. The second kappa shape index (κ2) is 4.69. The van der Waals surface area contributed by atoms with Crippen LogP contribution in [0.25, 0.3) is 0 Å². The fraction of sp³-hybridized carbons (Fsp3) is 0.750. The highest BCUT2D eigenvalue weighted by Crippen LogP contribution is 2.39. The topological polar surface area (TPSA) is 17.8 Å². The second-order valence-corrected chi connectivity index (χ2v) is 5.39. The maximum absolute atomic E-state index is 4.40. The number of aryl methyl sites for hydroxylation is 1. The van der Waals surface area contributed by atoms with Gasteiger partial charge in [-0.15, -0.1) is 0 Å². The van der Waals surface area contributed by atoms with E-state index in [2.05, 4.69) is 38.7 Å². The zero-order chi connectivity index (χ0) is 10.7. The number of nitrogens with zero attached hydrogens (tertiary/aromatic N) is 2. The number of halogens is 1. The van der Waals surface area contributed by atoms with Crippen molar-refractivity contribution in [1.29, 1.82) is 0 Å². The Hall–Kier alpha value is -0.310. The molecule has 1 saturated carbocycles. The summed E-state index contributed by atoms with van der Waals surface area (Å²) in [5.41, 5.74) is 1.73. The summed E-state index contributed by atoms with van der Waals surface area (Å²) in [4.78, 5) is 0. The molecule has 2 nitrogen and oxygen atoms in total. The van der Waals surface area contributed by atoms with E-state index in [4.69, 9.17) is 0 Å². The van der Waals surface area contributed by atoms with Crippen molar-refractivity contribution >= 4 is 15.9 Å². The molecule has 15 heavy (non-hydrogen) atoms. The summed E-state index contributed by atoms with van der Waals surface area (Å²) >= 11 is 3.70. The monoisotopic (exact) mass is 270 g/mol. The number of hydrogen-bond acceptors (Lipinski definition) is 1. The highest BCUT2D eigenvalue weighted by atomic mass is 79.9. The minimum absolute atomic E-state index is 0.453. The van der Waals surface area contributed by atoms with Crippen LogP contribution in [0.3, 0.4) is 0 Å². The van der Waals surface area contributed by atoms with E-state index in [-0.39, 0.29) is 0 Å². The predicted octanol–water partition coefficient (Wildman–Crippen LogP) is 3.54. The van der Waals surface area contributed by atoms with Gasteiger partial charge in [0.1, 0.15) is 0 Å². The second-order valence-electron chi connectivity index (χ2n) is 4.82. The Morgan fingerprint density at radius 2 is 2.13 bits per heavy atom. The number of alkyl halides is 1. The van der Waals surface area contributed by atoms with Gasteiger partial charge in [0.2, 0.25) is 0 Å². The third-order valence-corrected chi connectivity index (χ3v) is 4.80. The molecule has 2 rings (SSSR count). The Bertz CT molecular complexity index is 313. The molecule has 1 fully saturated rings. The van der Waals surface area contributed by atoms with Crippen LogP contribution in [0.5, 0.6) is 0 Å². The van der Waals surface area contributed by atoms with Gasteiger partial charge in [-0.25, -0.2) is 0 Å². The number of hydrogen-bond donors (Lipinski definition) is 0. The molecule has 1 heterocycles. The zero-order valence-electron chi connectivity index (χ0n) is 9.38. The van der Waals surface area contributed by atoms with Crippen molar-refractivity contribution in [2.45, 2.75) is 45.6 Å². The molecule has 1 aromatic heterocycles. The number of rotatable bonds is 3. The van der Waals surface area contributed by atoms with E-state index in [1.54, 1.807) is 0 Å². The van der Waals surface area contributed by atoms with Gasteiger partial charge in [-0.05, 0) is 31.2 Å². The van der Waals surface area contributed by atoms with E-state index in [0.29, 0.717) is 5.41 Å². The van der Waals surface area contributed by atoms with Gasteiger partial charge in [-0.1, -0.05) is 35.2 Å². The van der Waals surface area contributed by atoms with Crippen molar-refractivity contribution in [2.24, 2.45) is 5.41 Å². The van der Waals surface area contributed by atoms with Crippen molar-refractivity contribution in [3.05, 3.63) is 18.0 Å². The predicted molar refractivity (Wildman–Crippen MR) is 66.3 cm³/mol. The molecular formula is C12H19BrN2. The number of aromatic nitrogens is 2. The molecule has 0 spiro atoms. The standard InChI is InChI=1S/C12H19BrN2/c1-11-5-8-14-15(11)10-12(9-13)6-3-2-4-7-12/h5,8H,2-4,6-7,9-10H2,1H3. The lowest BCUT2D eigenvalue weighted by molar-refractivity contribution is 0.182. The van der Waals surface area contributed by atoms with Crippen LogP contribution in [0.4, 0.5) is 0 Å². The van der Waals surface area contributed by atoms with Crippen molar-refractivity contribution in [2.75, 3.05) is 5.33 Å². The molecule has 3 heteroatoms. The molecule has 0 atom stereocenters. The first-order chi connectivity index (χ1) is 7.26. The Labute approximate surface area is 100 Å². The maximum Gasteiger partial charge on any atom is 0.0492 e. The zero-order valence-corrected chi connectivity index (χ0v) is 11.0. The average molecular weight is 271 g/mol. The molecule has 0 radical (unpaired) electrons. The first kappa shape index (κ1) is 11.2. The Kier molecular flexibility index (Phi) is 3.49. The summed E-state index contributed by atoms with van der Waals surface area (Å²) < 4.78 is 2.16. The van der Waals surface area contributed by atoms with Crippen LogP contribution in [-0.4, -0.2) is 15.1 Å². The van der Waals surface area contributed by atoms with Gasteiger partial charge in [0, 0.05) is 23.8 Å². The molecule has 0 N–H and O–H groups in total. The molecule has 0 aromatic carbocycles. The van der Waals surface area contributed by atoms with E-state index in [1.165, 1.54) is 37.8 Å². The summed E-state index contributed by atoms with van der Waals surface area (Å²) in [5.74, 6) is 0. The van der Waals surface area contributed by atoms with E-state index in [1.807, 2.05) is 6.20 Å². The van der Waals surface area contributed by atoms with Gasteiger partial charge >= 0.3 is 0 Å². The van der Waals surface area contributed by atoms with Gasteiger partial charge in [0.25, 0.3) is 0 Å². The maximum atomic E-state index is 4.40. The third kappa shape index (κ3) is 2.44. The highest BCUT2D eigenvalue weighted by Gasteiger charge is 2.31. The van der Waals surface area contributed by atoms with Gasteiger partial charge in [0.15, 0.2) is 0 Å². The third-order valence-electron chi connectivity index (χ3n) is 3.61. The van der Waals surface area contributed by atoms with Crippen LogP contribution in [0.2, 0.25) is 0 Å². The first-order valence-corrected chi connectivity index (χ1v) is 6.92. The quantitative estimate of drug-likeness (QED) is 0.769. The summed E-state index contributed by atoms with van der Waals surface area (Å²) in [6.07, 6.45) is 8.76. The Morgan fingerprint density at radius 1 is 1.40 bits per heavy atom. The fourth-order valence-electron chi connectivity index (χ4n) is 2.52. The largest absolute Gasteiger partial charge is 0.269 e. The van der Waals surface area contributed by atoms with Gasteiger partial charge in [0.05, 0.1) is 0 Å². The molecule has 84 valence electrons. The minimum Gasteiger partial charge on any atom is -0.269 e. The van der Waals surface area contributed by atoms with E-state index < -0.39 is 0 Å². The van der Waals surface area contributed by atoms with Crippen LogP contribution in [0, 0.1) is 12.3 Å². The van der Waals surface area contributed by atoms with E-state index >= 15 is 0 Å². The molecule has 0 saturated heterocycles. The van der Waals surface area contributed by atoms with Crippen LogP contribution < -0.4 is 0 Å². The summed E-state index contributed by atoms with van der Waals surface area (Å²) in [5, 5.41) is 5.51. The highest BCUT2D eigenvalue weighted by molar-refractivity contribution is 9.09. The van der Waals surface area contributed by atoms with Crippen LogP contribution in [0.1, 0.15) is 37.8 Å². The van der Waals surface area contributed by atoms with Crippen molar-refractivity contribution < 1.29 is 0 Å². The normalized spacial score (nSPS) is 20.4. The lowest BCUT2D eigenvalue weighted by Gasteiger charge is -2.35. The van der Waals surface area contributed by atoms with Crippen molar-refractivity contribution in [3.8, 4) is 0 Å². The SMILES string of the molecule is Cc1ccnn1CC1(CBr)CCCCC1. The molecule has 0 amide bonds. The molecule has 0 unspecified atom stereocenters. The summed E-state index contributed by atoms with van der Waals surface area (Å²) in [6, 6.07) is 2.09. The lowest BCUT2D eigenvalue weighted by Crippen LogP contribution is -2.31. The van der Waals surface area contributed by atoms with Gasteiger partial charge < -0.3 is 0 Å². The first-order valence-electron chi connectivity index (χ1n) is 5.80. The lowest BCUT2D eigenvalue weighted by atomic mass is 9.75. The summed E-state index contributed by atoms with van der Waals surface area (Å²) in [7, 11) is 0. The smallest absolute Gasteiger partial charge is 0.0492 e. The van der Waals surface area contributed by atoms with Crippen LogP contribution >= 0.6 is 15.9 Å². The fourth-order valence-corrected chi connectivity index (χ4v) is 3.26. The molecule has 1 aliphatic rings. The average Bonchev–Trinajstić information content (AvgIpc) is 2.66.